The van der Waals surface area contributed by atoms with Crippen LogP contribution in [0.3, 0.4) is 0 Å². The van der Waals surface area contributed by atoms with Crippen LogP contribution < -0.4 is 5.32 Å². The fraction of sp³-hybridized carbons (Fsp3) is 0.368. The number of amides is 1. The summed E-state index contributed by atoms with van der Waals surface area (Å²) >= 11 is 0. The van der Waals surface area contributed by atoms with Crippen LogP contribution in [0, 0.1) is 0 Å². The average molecular weight is 414 g/mol. The molecule has 0 spiro atoms. The van der Waals surface area contributed by atoms with Crippen LogP contribution in [-0.4, -0.2) is 51.5 Å². The molecule has 3 aromatic rings. The summed E-state index contributed by atoms with van der Waals surface area (Å²) in [6, 6.07) is 6.23. The largest absolute Gasteiger partial charge is 0.326 e. The molecule has 0 radical (unpaired) electrons. The van der Waals surface area contributed by atoms with Crippen molar-refractivity contribution in [3.63, 3.8) is 0 Å². The molecule has 1 N–H and O–H groups in total. The summed E-state index contributed by atoms with van der Waals surface area (Å²) in [6.45, 7) is 2.21. The Morgan fingerprint density at radius 3 is 2.62 bits per heavy atom. The van der Waals surface area contributed by atoms with Crippen LogP contribution in [-0.2, 0) is 21.9 Å². The lowest BCUT2D eigenvalue weighted by molar-refractivity contribution is -0.114. The number of hydrogen-bond acceptors (Lipinski definition) is 6. The van der Waals surface area contributed by atoms with Gasteiger partial charge < -0.3 is 5.32 Å². The number of fused-ring (bicyclic) bond motifs is 1. The predicted molar refractivity (Wildman–Crippen MR) is 108 cm³/mol. The summed E-state index contributed by atoms with van der Waals surface area (Å²) in [6.07, 6.45) is 4.83. The Morgan fingerprint density at radius 2 is 1.90 bits per heavy atom. The van der Waals surface area contributed by atoms with Crippen molar-refractivity contribution >= 4 is 32.8 Å². The predicted octanol–water partition coefficient (Wildman–Crippen LogP) is 1.89. The zero-order chi connectivity index (χ0) is 20.6. The number of nitrogens with one attached hydrogen (secondary N) is 1. The number of carbonyl (C=O) groups is 1. The van der Waals surface area contributed by atoms with Crippen LogP contribution in [0.2, 0.25) is 0 Å². The SMILES string of the molecule is CC(=O)Nc1ccc(S(=O)(=O)N2CCC[C@H](c3nn(C)c4nccnc34)C2)cc1. The third-order valence-electron chi connectivity index (χ3n) is 5.07. The second-order valence-corrected chi connectivity index (χ2v) is 9.08. The second-order valence-electron chi connectivity index (χ2n) is 7.15. The smallest absolute Gasteiger partial charge is 0.243 e. The van der Waals surface area contributed by atoms with Gasteiger partial charge in [-0.25, -0.2) is 23.1 Å². The molecule has 1 atom stereocenters. The van der Waals surface area contributed by atoms with Gasteiger partial charge in [-0.3, -0.25) is 4.79 Å². The van der Waals surface area contributed by atoms with Crippen molar-refractivity contribution in [2.45, 2.75) is 30.6 Å². The Hall–Kier alpha value is -2.85. The van der Waals surface area contributed by atoms with Crippen LogP contribution in [0.1, 0.15) is 31.4 Å². The highest BCUT2D eigenvalue weighted by molar-refractivity contribution is 7.89. The van der Waals surface area contributed by atoms with Crippen LogP contribution in [0.5, 0.6) is 0 Å². The summed E-state index contributed by atoms with van der Waals surface area (Å²) in [4.78, 5) is 20.1. The van der Waals surface area contributed by atoms with E-state index in [9.17, 15) is 13.2 Å². The molecule has 29 heavy (non-hydrogen) atoms. The average Bonchev–Trinajstić information content (AvgIpc) is 3.05. The van der Waals surface area contributed by atoms with Gasteiger partial charge in [0.05, 0.1) is 10.6 Å². The molecule has 1 fully saturated rings. The van der Waals surface area contributed by atoms with E-state index < -0.39 is 10.0 Å². The van der Waals surface area contributed by atoms with E-state index in [1.165, 1.54) is 23.4 Å². The van der Waals surface area contributed by atoms with Crippen LogP contribution in [0.15, 0.2) is 41.6 Å². The molecule has 0 saturated carbocycles. The molecule has 1 aromatic carbocycles. The molecule has 1 amide bonds. The van der Waals surface area contributed by atoms with Crippen molar-refractivity contribution in [2.75, 3.05) is 18.4 Å². The number of nitrogens with zero attached hydrogens (tertiary/aromatic N) is 5. The number of sulfonamides is 1. The van der Waals surface area contributed by atoms with E-state index in [-0.39, 0.29) is 16.7 Å². The monoisotopic (exact) mass is 414 g/mol. The molecule has 2 aromatic heterocycles. The molecule has 152 valence electrons. The summed E-state index contributed by atoms with van der Waals surface area (Å²) < 4.78 is 29.5. The first kappa shape index (κ1) is 19.5. The molecule has 9 nitrogen and oxygen atoms in total. The number of benzene rings is 1. The van der Waals surface area contributed by atoms with Crippen LogP contribution >= 0.6 is 0 Å². The van der Waals surface area contributed by atoms with E-state index in [4.69, 9.17) is 0 Å². The van der Waals surface area contributed by atoms with Crippen molar-refractivity contribution in [3.8, 4) is 0 Å². The van der Waals surface area contributed by atoms with Gasteiger partial charge >= 0.3 is 0 Å². The molecule has 1 aliphatic rings. The van der Waals surface area contributed by atoms with Crippen LogP contribution in [0.25, 0.3) is 11.2 Å². The first-order chi connectivity index (χ1) is 13.9. The highest BCUT2D eigenvalue weighted by atomic mass is 32.2. The maximum Gasteiger partial charge on any atom is 0.243 e. The Balaban J connectivity index is 1.59. The Kier molecular flexibility index (Phi) is 5.05. The summed E-state index contributed by atoms with van der Waals surface area (Å²) in [5, 5.41) is 7.21. The number of aromatic nitrogens is 4. The lowest BCUT2D eigenvalue weighted by Gasteiger charge is -2.31. The van der Waals surface area contributed by atoms with Gasteiger partial charge in [-0.1, -0.05) is 0 Å². The molecule has 0 bridgehead atoms. The number of carbonyl (C=O) groups excluding carboxylic acids is 1. The number of piperidine rings is 1. The van der Waals surface area contributed by atoms with Gasteiger partial charge in [0.25, 0.3) is 0 Å². The number of aryl methyl sites for hydroxylation is 1. The molecular formula is C19H22N6O3S. The maximum atomic E-state index is 13.2. The fourth-order valence-corrected chi connectivity index (χ4v) is 5.25. The van der Waals surface area contributed by atoms with E-state index in [1.54, 1.807) is 29.2 Å². The highest BCUT2D eigenvalue weighted by Crippen LogP contribution is 2.32. The van der Waals surface area contributed by atoms with Crippen molar-refractivity contribution in [3.05, 3.63) is 42.4 Å². The van der Waals surface area contributed by atoms with E-state index in [1.807, 2.05) is 7.05 Å². The highest BCUT2D eigenvalue weighted by Gasteiger charge is 2.33. The molecule has 10 heteroatoms. The zero-order valence-electron chi connectivity index (χ0n) is 16.2. The van der Waals surface area contributed by atoms with Gasteiger partial charge in [0.1, 0.15) is 5.52 Å². The lowest BCUT2D eigenvalue weighted by Crippen LogP contribution is -2.39. The Bertz CT molecular complexity index is 1160. The third-order valence-corrected chi connectivity index (χ3v) is 6.95. The first-order valence-corrected chi connectivity index (χ1v) is 10.8. The minimum Gasteiger partial charge on any atom is -0.326 e. The molecule has 1 aliphatic heterocycles. The van der Waals surface area contributed by atoms with Crippen molar-refractivity contribution < 1.29 is 13.2 Å². The normalized spacial score (nSPS) is 18.1. The molecule has 0 aliphatic carbocycles. The van der Waals surface area contributed by atoms with Gasteiger partial charge in [-0.05, 0) is 37.1 Å². The van der Waals surface area contributed by atoms with Crippen molar-refractivity contribution in [2.24, 2.45) is 7.05 Å². The lowest BCUT2D eigenvalue weighted by atomic mass is 9.96. The second kappa shape index (κ2) is 7.53. The Morgan fingerprint density at radius 1 is 1.17 bits per heavy atom. The third kappa shape index (κ3) is 3.73. The molecule has 4 rings (SSSR count). The topological polar surface area (TPSA) is 110 Å². The van der Waals surface area contributed by atoms with Gasteiger partial charge in [0, 0.05) is 51.1 Å². The summed E-state index contributed by atoms with van der Waals surface area (Å²) in [7, 11) is -1.83. The minimum absolute atomic E-state index is 0.0439. The van der Waals surface area contributed by atoms with Gasteiger partial charge in [0.2, 0.25) is 15.9 Å². The first-order valence-electron chi connectivity index (χ1n) is 9.37. The number of anilines is 1. The van der Waals surface area contributed by atoms with Gasteiger partial charge in [-0.15, -0.1) is 0 Å². The standard InChI is InChI=1S/C19H22N6O3S/c1-13(26)22-15-5-7-16(8-6-15)29(27,28)25-11-3-4-14(12-25)17-18-19(24(2)23-17)21-10-9-20-18/h5-10,14H,3-4,11-12H2,1-2H3,(H,22,26)/t14-/m0/s1. The minimum atomic E-state index is -3.64. The van der Waals surface area contributed by atoms with Gasteiger partial charge in [0.15, 0.2) is 5.65 Å². The van der Waals surface area contributed by atoms with E-state index in [2.05, 4.69) is 20.4 Å². The van der Waals surface area contributed by atoms with Crippen molar-refractivity contribution in [1.29, 1.82) is 0 Å². The molecular weight excluding hydrogens is 392 g/mol. The Labute approximate surface area is 168 Å². The molecule has 3 heterocycles. The number of hydrogen-bond donors (Lipinski definition) is 1. The zero-order valence-corrected chi connectivity index (χ0v) is 17.1. The molecule has 0 unspecified atom stereocenters. The van der Waals surface area contributed by atoms with Crippen LogP contribution in [0.4, 0.5) is 5.69 Å². The number of rotatable bonds is 4. The fourth-order valence-electron chi connectivity index (χ4n) is 3.73. The maximum absolute atomic E-state index is 13.2. The molecule has 1 saturated heterocycles. The van der Waals surface area contributed by atoms with Crippen molar-refractivity contribution in [1.82, 2.24) is 24.1 Å². The van der Waals surface area contributed by atoms with E-state index in [0.29, 0.717) is 24.4 Å². The van der Waals surface area contributed by atoms with Gasteiger partial charge in [-0.2, -0.15) is 9.40 Å². The summed E-state index contributed by atoms with van der Waals surface area (Å²) in [5.41, 5.74) is 2.76. The quantitative estimate of drug-likeness (QED) is 0.698. The van der Waals surface area contributed by atoms with E-state index >= 15 is 0 Å². The van der Waals surface area contributed by atoms with E-state index in [0.717, 1.165) is 24.1 Å². The summed E-state index contributed by atoms with van der Waals surface area (Å²) in [5.74, 6) is -0.247.